The third kappa shape index (κ3) is 3.86. The Morgan fingerprint density at radius 2 is 2.03 bits per heavy atom. The first kappa shape index (κ1) is 19.0. The number of aromatic nitrogens is 5. The van der Waals surface area contributed by atoms with Gasteiger partial charge in [-0.25, -0.2) is 0 Å². The van der Waals surface area contributed by atoms with Crippen LogP contribution < -0.4 is 5.32 Å². The fraction of sp³-hybridized carbons (Fsp3) is 0.286. The molecule has 3 aromatic heterocycles. The van der Waals surface area contributed by atoms with Crippen molar-refractivity contribution < 1.29 is 4.74 Å². The molecule has 1 aliphatic rings. The number of pyridine rings is 1. The topological polar surface area (TPSA) is 101 Å². The zero-order valence-corrected chi connectivity index (χ0v) is 17.3. The second-order valence-electron chi connectivity index (χ2n) is 7.31. The van der Waals surface area contributed by atoms with Gasteiger partial charge in [0.25, 0.3) is 0 Å². The highest BCUT2D eigenvalue weighted by molar-refractivity contribution is 7.99. The van der Waals surface area contributed by atoms with E-state index in [1.165, 1.54) is 11.8 Å². The molecule has 2 N–H and O–H groups in total. The number of nitrogens with one attached hydrogen (secondary N) is 2. The van der Waals surface area contributed by atoms with Crippen LogP contribution in [0.15, 0.2) is 52.6 Å². The molecule has 0 unspecified atom stereocenters. The SMILES string of the molecule is CC(=N)c1ccc2nnc(Sc3ccc4ncc(NC5CCOCC5)cc4c3)n2n1. The standard InChI is InChI=1S/C21H21N7OS/c1-13(22)18-4-5-20-25-26-21(28(20)27-18)30-17-2-3-19-14(11-17)10-16(12-23-19)24-15-6-8-29-9-7-15/h2-5,10-12,15,22,24H,6-9H2,1H3. The second kappa shape index (κ2) is 8.00. The van der Waals surface area contributed by atoms with Crippen LogP contribution in [0.4, 0.5) is 5.69 Å². The highest BCUT2D eigenvalue weighted by Crippen LogP contribution is 2.29. The molecule has 4 aromatic rings. The van der Waals surface area contributed by atoms with E-state index in [4.69, 9.17) is 10.1 Å². The van der Waals surface area contributed by atoms with Crippen molar-refractivity contribution in [3.63, 3.8) is 0 Å². The number of hydrogen-bond donors (Lipinski definition) is 2. The van der Waals surface area contributed by atoms with Gasteiger partial charge in [-0.05, 0) is 67.9 Å². The van der Waals surface area contributed by atoms with Crippen molar-refractivity contribution in [1.82, 2.24) is 24.8 Å². The number of hydrogen-bond acceptors (Lipinski definition) is 8. The maximum Gasteiger partial charge on any atom is 0.217 e. The summed E-state index contributed by atoms with van der Waals surface area (Å²) in [6, 6.07) is 12.3. The van der Waals surface area contributed by atoms with E-state index < -0.39 is 0 Å². The van der Waals surface area contributed by atoms with E-state index in [0.29, 0.717) is 28.3 Å². The molecule has 0 aliphatic carbocycles. The molecule has 0 atom stereocenters. The van der Waals surface area contributed by atoms with Gasteiger partial charge in [0.05, 0.1) is 23.1 Å². The minimum atomic E-state index is 0.405. The van der Waals surface area contributed by atoms with Gasteiger partial charge >= 0.3 is 0 Å². The van der Waals surface area contributed by atoms with Crippen LogP contribution in [0.2, 0.25) is 0 Å². The fourth-order valence-electron chi connectivity index (χ4n) is 3.47. The summed E-state index contributed by atoms with van der Waals surface area (Å²) < 4.78 is 7.12. The molecule has 152 valence electrons. The van der Waals surface area contributed by atoms with E-state index >= 15 is 0 Å². The van der Waals surface area contributed by atoms with Gasteiger partial charge in [-0.3, -0.25) is 4.98 Å². The van der Waals surface area contributed by atoms with Gasteiger partial charge in [-0.15, -0.1) is 10.2 Å². The summed E-state index contributed by atoms with van der Waals surface area (Å²) >= 11 is 1.49. The smallest absolute Gasteiger partial charge is 0.217 e. The second-order valence-corrected chi connectivity index (χ2v) is 8.35. The molecule has 1 aromatic carbocycles. The van der Waals surface area contributed by atoms with Crippen molar-refractivity contribution in [1.29, 1.82) is 5.41 Å². The van der Waals surface area contributed by atoms with E-state index in [1.54, 1.807) is 17.5 Å². The van der Waals surface area contributed by atoms with Crippen LogP contribution in [-0.2, 0) is 4.74 Å². The van der Waals surface area contributed by atoms with E-state index in [0.717, 1.165) is 47.5 Å². The van der Waals surface area contributed by atoms with Gasteiger partial charge < -0.3 is 15.5 Å². The third-order valence-electron chi connectivity index (χ3n) is 5.07. The summed E-state index contributed by atoms with van der Waals surface area (Å²) in [5.41, 5.74) is 3.64. The lowest BCUT2D eigenvalue weighted by atomic mass is 10.1. The van der Waals surface area contributed by atoms with Crippen LogP contribution in [-0.4, -0.2) is 49.8 Å². The Morgan fingerprint density at radius 1 is 1.17 bits per heavy atom. The Morgan fingerprint density at radius 3 is 2.87 bits per heavy atom. The van der Waals surface area contributed by atoms with Crippen LogP contribution >= 0.6 is 11.8 Å². The molecule has 30 heavy (non-hydrogen) atoms. The van der Waals surface area contributed by atoms with Crippen LogP contribution in [0.3, 0.4) is 0 Å². The van der Waals surface area contributed by atoms with E-state index in [9.17, 15) is 0 Å². The van der Waals surface area contributed by atoms with Crippen LogP contribution in [0.25, 0.3) is 16.6 Å². The van der Waals surface area contributed by atoms with Gasteiger partial charge in [0.2, 0.25) is 5.16 Å². The minimum absolute atomic E-state index is 0.405. The highest BCUT2D eigenvalue weighted by Gasteiger charge is 2.14. The Hall–Kier alpha value is -3.04. The minimum Gasteiger partial charge on any atom is -0.381 e. The Bertz CT molecular complexity index is 1230. The fourth-order valence-corrected chi connectivity index (χ4v) is 4.30. The summed E-state index contributed by atoms with van der Waals surface area (Å²) in [6.07, 6.45) is 3.91. The predicted molar refractivity (Wildman–Crippen MR) is 117 cm³/mol. The third-order valence-corrected chi connectivity index (χ3v) is 6.00. The Kier molecular flexibility index (Phi) is 5.06. The lowest BCUT2D eigenvalue weighted by molar-refractivity contribution is 0.0904. The molecule has 0 spiro atoms. The van der Waals surface area contributed by atoms with E-state index in [-0.39, 0.29) is 0 Å². The molecule has 1 fully saturated rings. The monoisotopic (exact) mass is 419 g/mol. The summed E-state index contributed by atoms with van der Waals surface area (Å²) in [5, 5.41) is 26.1. The first-order chi connectivity index (χ1) is 14.7. The lowest BCUT2D eigenvalue weighted by Crippen LogP contribution is -2.27. The molecule has 0 radical (unpaired) electrons. The van der Waals surface area contributed by atoms with Crippen molar-refractivity contribution >= 4 is 39.7 Å². The van der Waals surface area contributed by atoms with Crippen molar-refractivity contribution in [2.45, 2.75) is 35.9 Å². The average molecular weight is 420 g/mol. The largest absolute Gasteiger partial charge is 0.381 e. The maximum absolute atomic E-state index is 7.81. The maximum atomic E-state index is 7.81. The van der Waals surface area contributed by atoms with Crippen molar-refractivity contribution in [2.75, 3.05) is 18.5 Å². The number of nitrogens with zero attached hydrogens (tertiary/aromatic N) is 5. The zero-order valence-electron chi connectivity index (χ0n) is 16.5. The van der Waals surface area contributed by atoms with Crippen molar-refractivity contribution in [3.8, 4) is 0 Å². The van der Waals surface area contributed by atoms with Crippen LogP contribution in [0, 0.1) is 5.41 Å². The van der Waals surface area contributed by atoms with Gasteiger partial charge in [0.15, 0.2) is 5.65 Å². The number of fused-ring (bicyclic) bond motifs is 2. The molecular formula is C21H21N7OS. The molecule has 0 amide bonds. The summed E-state index contributed by atoms with van der Waals surface area (Å²) in [7, 11) is 0. The molecule has 0 saturated carbocycles. The van der Waals surface area contributed by atoms with Crippen molar-refractivity contribution in [3.05, 3.63) is 48.3 Å². The Balaban J connectivity index is 1.42. The van der Waals surface area contributed by atoms with Crippen LogP contribution in [0.1, 0.15) is 25.5 Å². The van der Waals surface area contributed by atoms with Gasteiger partial charge in [0, 0.05) is 29.5 Å². The van der Waals surface area contributed by atoms with Gasteiger partial charge in [0.1, 0.15) is 5.69 Å². The first-order valence-electron chi connectivity index (χ1n) is 9.86. The van der Waals surface area contributed by atoms with Crippen molar-refractivity contribution in [2.24, 2.45) is 0 Å². The molecule has 5 rings (SSSR count). The molecular weight excluding hydrogens is 398 g/mol. The number of rotatable bonds is 5. The number of benzene rings is 1. The Labute approximate surface area is 177 Å². The summed E-state index contributed by atoms with van der Waals surface area (Å²) in [6.45, 7) is 3.33. The molecule has 0 bridgehead atoms. The highest BCUT2D eigenvalue weighted by atomic mass is 32.2. The average Bonchev–Trinajstić information content (AvgIpc) is 3.16. The van der Waals surface area contributed by atoms with Gasteiger partial charge in [-0.1, -0.05) is 0 Å². The zero-order chi connectivity index (χ0) is 20.5. The summed E-state index contributed by atoms with van der Waals surface area (Å²) in [4.78, 5) is 5.62. The molecule has 4 heterocycles. The van der Waals surface area contributed by atoms with Gasteiger partial charge in [-0.2, -0.15) is 9.61 Å². The quantitative estimate of drug-likeness (QED) is 0.474. The van der Waals surface area contributed by atoms with E-state index in [1.807, 2.05) is 24.4 Å². The normalized spacial score (nSPS) is 15.0. The number of ether oxygens (including phenoxy) is 1. The summed E-state index contributed by atoms with van der Waals surface area (Å²) in [5.74, 6) is 0. The first-order valence-corrected chi connectivity index (χ1v) is 10.7. The molecule has 1 saturated heterocycles. The molecule has 1 aliphatic heterocycles. The molecule has 9 heteroatoms. The molecule has 8 nitrogen and oxygen atoms in total. The van der Waals surface area contributed by atoms with Crippen LogP contribution in [0.5, 0.6) is 0 Å². The lowest BCUT2D eigenvalue weighted by Gasteiger charge is -2.24. The van der Waals surface area contributed by atoms with E-state index in [2.05, 4.69) is 37.7 Å². The number of anilines is 1. The predicted octanol–water partition coefficient (Wildman–Crippen LogP) is 3.80.